The van der Waals surface area contributed by atoms with Gasteiger partial charge in [-0.2, -0.15) is 5.10 Å². The molecular weight excluding hydrogens is 364 g/mol. The molecule has 0 N–H and O–H groups in total. The number of amides is 1. The molecule has 1 saturated heterocycles. The first-order valence-corrected chi connectivity index (χ1v) is 11.1. The first kappa shape index (κ1) is 19.5. The van der Waals surface area contributed by atoms with E-state index in [1.807, 2.05) is 31.0 Å². The van der Waals surface area contributed by atoms with Gasteiger partial charge >= 0.3 is 0 Å². The molecule has 3 rings (SSSR count). The maximum absolute atomic E-state index is 12.8. The lowest BCUT2D eigenvalue weighted by molar-refractivity contribution is -0.136. The van der Waals surface area contributed by atoms with Gasteiger partial charge in [0.2, 0.25) is 5.91 Å². The molecule has 0 aromatic carbocycles. The standard InChI is InChI=1S/C19H26N4O3S/c1-14(13-23-12-6-15(2)21-23)19(24)22-10-7-16(8-11-22)18-17(27(3,25)26)5-4-9-20-18/h4-6,9,12,14,16H,7-8,10-11,13H2,1-3H3. The number of hydrogen-bond acceptors (Lipinski definition) is 5. The van der Waals surface area contributed by atoms with Crippen LogP contribution in [0.15, 0.2) is 35.5 Å². The van der Waals surface area contributed by atoms with Gasteiger partial charge in [-0.05, 0) is 38.0 Å². The quantitative estimate of drug-likeness (QED) is 0.780. The molecule has 0 spiro atoms. The molecule has 1 amide bonds. The molecule has 1 aliphatic rings. The molecule has 0 aliphatic carbocycles. The van der Waals surface area contributed by atoms with Crippen molar-refractivity contribution in [1.82, 2.24) is 19.7 Å². The summed E-state index contributed by atoms with van der Waals surface area (Å²) in [5.74, 6) is 0.0253. The monoisotopic (exact) mass is 390 g/mol. The molecule has 1 unspecified atom stereocenters. The van der Waals surface area contributed by atoms with Crippen molar-refractivity contribution in [3.05, 3.63) is 42.0 Å². The Balaban J connectivity index is 1.63. The second kappa shape index (κ2) is 7.80. The lowest BCUT2D eigenvalue weighted by Crippen LogP contribution is -2.42. The Labute approximate surface area is 160 Å². The first-order valence-electron chi connectivity index (χ1n) is 9.19. The summed E-state index contributed by atoms with van der Waals surface area (Å²) in [6, 6.07) is 5.19. The highest BCUT2D eigenvalue weighted by atomic mass is 32.2. The molecule has 0 saturated carbocycles. The van der Waals surface area contributed by atoms with E-state index in [9.17, 15) is 13.2 Å². The Morgan fingerprint density at radius 3 is 2.59 bits per heavy atom. The van der Waals surface area contributed by atoms with Gasteiger partial charge in [0.25, 0.3) is 0 Å². The van der Waals surface area contributed by atoms with E-state index >= 15 is 0 Å². The maximum atomic E-state index is 12.8. The van der Waals surface area contributed by atoms with E-state index in [0.717, 1.165) is 18.5 Å². The van der Waals surface area contributed by atoms with Crippen molar-refractivity contribution in [2.75, 3.05) is 19.3 Å². The van der Waals surface area contributed by atoms with Gasteiger partial charge < -0.3 is 4.90 Å². The Morgan fingerprint density at radius 1 is 1.30 bits per heavy atom. The first-order chi connectivity index (χ1) is 12.8. The van der Waals surface area contributed by atoms with Crippen LogP contribution < -0.4 is 0 Å². The summed E-state index contributed by atoms with van der Waals surface area (Å²) in [4.78, 5) is 19.3. The molecular formula is C19H26N4O3S. The Morgan fingerprint density at radius 2 is 2.00 bits per heavy atom. The number of pyridine rings is 1. The van der Waals surface area contributed by atoms with Gasteiger partial charge in [-0.25, -0.2) is 8.42 Å². The zero-order valence-corrected chi connectivity index (χ0v) is 16.8. The van der Waals surface area contributed by atoms with Crippen LogP contribution in [0.1, 0.15) is 37.1 Å². The number of hydrogen-bond donors (Lipinski definition) is 0. The van der Waals surface area contributed by atoms with Crippen molar-refractivity contribution in [1.29, 1.82) is 0 Å². The zero-order valence-electron chi connectivity index (χ0n) is 16.0. The molecule has 1 fully saturated rings. The lowest BCUT2D eigenvalue weighted by Gasteiger charge is -2.33. The number of sulfone groups is 1. The molecule has 1 aliphatic heterocycles. The topological polar surface area (TPSA) is 85.2 Å². The van der Waals surface area contributed by atoms with Gasteiger partial charge in [0.05, 0.1) is 28.7 Å². The average Bonchev–Trinajstić information content (AvgIpc) is 3.05. The normalized spacial score (nSPS) is 17.1. The van der Waals surface area contributed by atoms with Gasteiger partial charge in [-0.3, -0.25) is 14.5 Å². The van der Waals surface area contributed by atoms with E-state index in [1.165, 1.54) is 6.26 Å². The van der Waals surface area contributed by atoms with Crippen LogP contribution in [0.3, 0.4) is 0 Å². The van der Waals surface area contributed by atoms with Gasteiger partial charge in [-0.15, -0.1) is 0 Å². The largest absolute Gasteiger partial charge is 0.342 e. The van der Waals surface area contributed by atoms with Crippen LogP contribution in [0, 0.1) is 12.8 Å². The predicted octanol–water partition coefficient (Wildman–Crippen LogP) is 2.03. The van der Waals surface area contributed by atoms with Crippen molar-refractivity contribution in [3.63, 3.8) is 0 Å². The Kier molecular flexibility index (Phi) is 5.64. The van der Waals surface area contributed by atoms with E-state index in [4.69, 9.17) is 0 Å². The summed E-state index contributed by atoms with van der Waals surface area (Å²) in [5, 5.41) is 4.34. The summed E-state index contributed by atoms with van der Waals surface area (Å²) < 4.78 is 25.8. The lowest BCUT2D eigenvalue weighted by atomic mass is 9.92. The molecule has 8 heteroatoms. The minimum absolute atomic E-state index is 0.0593. The van der Waals surface area contributed by atoms with Crippen molar-refractivity contribution >= 4 is 15.7 Å². The third kappa shape index (κ3) is 4.55. The Hall–Kier alpha value is -2.22. The number of carbonyl (C=O) groups is 1. The van der Waals surface area contributed by atoms with Crippen LogP contribution in [-0.2, 0) is 21.2 Å². The number of aromatic nitrogens is 3. The molecule has 1 atom stereocenters. The molecule has 3 heterocycles. The third-order valence-corrected chi connectivity index (χ3v) is 6.19. The third-order valence-electron chi connectivity index (χ3n) is 5.05. The van der Waals surface area contributed by atoms with Crippen molar-refractivity contribution in [2.24, 2.45) is 5.92 Å². The number of likely N-dealkylation sites (tertiary alicyclic amines) is 1. The molecule has 146 valence electrons. The van der Waals surface area contributed by atoms with Gasteiger partial charge in [0.15, 0.2) is 9.84 Å². The average molecular weight is 391 g/mol. The summed E-state index contributed by atoms with van der Waals surface area (Å²) >= 11 is 0. The number of aryl methyl sites for hydroxylation is 1. The minimum Gasteiger partial charge on any atom is -0.342 e. The number of piperidine rings is 1. The molecule has 7 nitrogen and oxygen atoms in total. The van der Waals surface area contributed by atoms with E-state index in [1.54, 1.807) is 23.0 Å². The number of nitrogens with zero attached hydrogens (tertiary/aromatic N) is 4. The van der Waals surface area contributed by atoms with E-state index in [0.29, 0.717) is 30.2 Å². The SMILES string of the molecule is Cc1ccn(CC(C)C(=O)N2CCC(c3ncccc3S(C)(=O)=O)CC2)n1. The maximum Gasteiger partial charge on any atom is 0.227 e. The Bertz CT molecular complexity index is 915. The fraction of sp³-hybridized carbons (Fsp3) is 0.526. The fourth-order valence-corrected chi connectivity index (χ4v) is 4.56. The van der Waals surface area contributed by atoms with Crippen LogP contribution in [-0.4, -0.2) is 53.3 Å². The van der Waals surface area contributed by atoms with Crippen LogP contribution in [0.25, 0.3) is 0 Å². The molecule has 27 heavy (non-hydrogen) atoms. The van der Waals surface area contributed by atoms with Crippen molar-refractivity contribution < 1.29 is 13.2 Å². The van der Waals surface area contributed by atoms with Gasteiger partial charge in [0.1, 0.15) is 0 Å². The van der Waals surface area contributed by atoms with Gasteiger partial charge in [0, 0.05) is 37.7 Å². The van der Waals surface area contributed by atoms with Crippen LogP contribution >= 0.6 is 0 Å². The van der Waals surface area contributed by atoms with Crippen molar-refractivity contribution in [2.45, 2.75) is 44.0 Å². The van der Waals surface area contributed by atoms with Crippen LogP contribution in [0.5, 0.6) is 0 Å². The smallest absolute Gasteiger partial charge is 0.227 e. The highest BCUT2D eigenvalue weighted by molar-refractivity contribution is 7.90. The highest BCUT2D eigenvalue weighted by Gasteiger charge is 2.30. The molecule has 0 bridgehead atoms. The van der Waals surface area contributed by atoms with Gasteiger partial charge in [-0.1, -0.05) is 6.92 Å². The highest BCUT2D eigenvalue weighted by Crippen LogP contribution is 2.31. The second-order valence-electron chi connectivity index (χ2n) is 7.34. The minimum atomic E-state index is -3.31. The van der Waals surface area contributed by atoms with Crippen molar-refractivity contribution in [3.8, 4) is 0 Å². The summed E-state index contributed by atoms with van der Waals surface area (Å²) in [6.07, 6.45) is 6.18. The summed E-state index contributed by atoms with van der Waals surface area (Å²) in [6.45, 7) is 5.64. The summed E-state index contributed by atoms with van der Waals surface area (Å²) in [5.41, 5.74) is 1.57. The predicted molar refractivity (Wildman–Crippen MR) is 102 cm³/mol. The van der Waals surface area contributed by atoms with E-state index in [2.05, 4.69) is 10.1 Å². The van der Waals surface area contributed by atoms with Crippen LogP contribution in [0.4, 0.5) is 0 Å². The van der Waals surface area contributed by atoms with E-state index in [-0.39, 0.29) is 17.7 Å². The second-order valence-corrected chi connectivity index (χ2v) is 9.32. The zero-order chi connectivity index (χ0) is 19.6. The summed E-state index contributed by atoms with van der Waals surface area (Å²) in [7, 11) is -3.31. The number of carbonyl (C=O) groups excluding carboxylic acids is 1. The molecule has 2 aromatic heterocycles. The van der Waals surface area contributed by atoms with E-state index < -0.39 is 9.84 Å². The van der Waals surface area contributed by atoms with Crippen LogP contribution in [0.2, 0.25) is 0 Å². The molecule has 2 aromatic rings. The molecule has 0 radical (unpaired) electrons. The number of rotatable bonds is 5. The fourth-order valence-electron chi connectivity index (χ4n) is 3.63.